The number of para-hydroxylation sites is 1. The molecule has 1 N–H and O–H groups in total. The molecule has 62 heavy (non-hydrogen) atoms. The Labute approximate surface area is 375 Å². The van der Waals surface area contributed by atoms with Crippen molar-refractivity contribution in [3.63, 3.8) is 0 Å². The molecule has 0 bridgehead atoms. The number of nitrogens with zero attached hydrogens (tertiary/aromatic N) is 4. The highest BCUT2D eigenvalue weighted by molar-refractivity contribution is 9.09. The van der Waals surface area contributed by atoms with E-state index in [1.54, 1.807) is 4.90 Å². The van der Waals surface area contributed by atoms with Crippen LogP contribution in [0.25, 0.3) is 32.8 Å². The standard InChI is InChI=1S/C50H60BrN5O6.H2/c1-6-59-48(57)47-40(21-15-33-60-44-23-13-17-35-16-10-11-18-38(35)44)39-19-14-20-41(46(39)52-47)45-42(53-54(5)43(45)22-9-7-8-12-28-51)34-61-37-26-24-36(25-27-37)55-29-31-56(32-30-55)49(58)62-50(2,3)4;/h10-11,13-14,16-20,23-27,52H,6-9,12,15,21-22,28-34H2,1-5H3;1H. The van der Waals surface area contributed by atoms with Crippen LogP contribution in [0.5, 0.6) is 11.5 Å². The van der Waals surface area contributed by atoms with Gasteiger partial charge in [0.25, 0.3) is 0 Å². The average molecular weight is 909 g/mol. The first kappa shape index (κ1) is 44.6. The van der Waals surface area contributed by atoms with Gasteiger partial charge in [-0.05, 0) is 101 Å². The molecule has 12 heteroatoms. The fourth-order valence-corrected chi connectivity index (χ4v) is 8.71. The van der Waals surface area contributed by atoms with Crippen molar-refractivity contribution >= 4 is 55.4 Å². The molecule has 3 heterocycles. The van der Waals surface area contributed by atoms with Crippen LogP contribution in [0.4, 0.5) is 10.5 Å². The first-order valence-electron chi connectivity index (χ1n) is 22.0. The van der Waals surface area contributed by atoms with Gasteiger partial charge in [0, 0.05) is 73.3 Å². The lowest BCUT2D eigenvalue weighted by atomic mass is 9.96. The number of anilines is 1. The lowest BCUT2D eigenvalue weighted by Gasteiger charge is -2.36. The smallest absolute Gasteiger partial charge is 0.410 e. The van der Waals surface area contributed by atoms with Crippen molar-refractivity contribution in [3.05, 3.63) is 108 Å². The molecule has 4 aromatic carbocycles. The Morgan fingerprint density at radius 1 is 0.823 bits per heavy atom. The quantitative estimate of drug-likeness (QED) is 0.0516. The van der Waals surface area contributed by atoms with Gasteiger partial charge < -0.3 is 33.7 Å². The molecule has 0 spiro atoms. The van der Waals surface area contributed by atoms with Gasteiger partial charge in [0.15, 0.2) is 0 Å². The number of amides is 1. The molecule has 0 radical (unpaired) electrons. The number of piperazine rings is 1. The fourth-order valence-electron chi connectivity index (χ4n) is 8.31. The lowest BCUT2D eigenvalue weighted by Crippen LogP contribution is -2.50. The number of aryl methyl sites for hydroxylation is 2. The van der Waals surface area contributed by atoms with E-state index < -0.39 is 5.60 Å². The maximum Gasteiger partial charge on any atom is 0.410 e. The SMILES string of the molecule is CCOC(=O)c1[nH]c2c(-c3c(COc4ccc(N5CCN(C(=O)OC(C)(C)C)CC5)cc4)nn(C)c3CCCCCCBr)cccc2c1CCCOc1cccc2ccccc12.[HH]. The summed E-state index contributed by atoms with van der Waals surface area (Å²) in [6, 6.07) is 28.8. The van der Waals surface area contributed by atoms with Crippen LogP contribution in [-0.2, 0) is 36.0 Å². The molecular formula is C50H62BrN5O6. The van der Waals surface area contributed by atoms with Gasteiger partial charge in [0.2, 0.25) is 0 Å². The van der Waals surface area contributed by atoms with E-state index in [0.717, 1.165) is 117 Å². The van der Waals surface area contributed by atoms with E-state index in [9.17, 15) is 9.59 Å². The zero-order valence-electron chi connectivity index (χ0n) is 36.8. The number of benzene rings is 4. The Morgan fingerprint density at radius 3 is 2.31 bits per heavy atom. The second-order valence-electron chi connectivity index (χ2n) is 16.8. The number of aromatic amines is 1. The Hall–Kier alpha value is -5.49. The molecule has 1 fully saturated rings. The van der Waals surface area contributed by atoms with E-state index in [0.29, 0.717) is 38.2 Å². The number of fused-ring (bicyclic) bond motifs is 2. The third-order valence-electron chi connectivity index (χ3n) is 11.3. The fraction of sp³-hybridized carbons (Fsp3) is 0.420. The predicted molar refractivity (Wildman–Crippen MR) is 253 cm³/mol. The number of rotatable bonds is 18. The number of alkyl halides is 1. The van der Waals surface area contributed by atoms with Crippen LogP contribution in [0, 0.1) is 0 Å². The molecule has 1 aliphatic heterocycles. The number of carbonyl (C=O) groups is 2. The molecule has 1 saturated heterocycles. The molecule has 330 valence electrons. The molecular weight excluding hydrogens is 846 g/mol. The summed E-state index contributed by atoms with van der Waals surface area (Å²) < 4.78 is 26.0. The molecule has 0 aliphatic carbocycles. The van der Waals surface area contributed by atoms with Gasteiger partial charge in [0.1, 0.15) is 35.1 Å². The summed E-state index contributed by atoms with van der Waals surface area (Å²) in [4.78, 5) is 33.8. The largest absolute Gasteiger partial charge is 0.493 e. The monoisotopic (exact) mass is 907 g/mol. The summed E-state index contributed by atoms with van der Waals surface area (Å²) in [6.07, 6.45) is 6.38. The van der Waals surface area contributed by atoms with Crippen LogP contribution in [-0.4, -0.2) is 82.1 Å². The maximum atomic E-state index is 13.6. The number of hydrogen-bond acceptors (Lipinski definition) is 8. The van der Waals surface area contributed by atoms with Crippen molar-refractivity contribution in [1.29, 1.82) is 0 Å². The number of ether oxygens (including phenoxy) is 4. The summed E-state index contributed by atoms with van der Waals surface area (Å²) in [5.74, 6) is 1.23. The summed E-state index contributed by atoms with van der Waals surface area (Å²) in [7, 11) is 2.01. The highest BCUT2D eigenvalue weighted by atomic mass is 79.9. The maximum absolute atomic E-state index is 13.6. The lowest BCUT2D eigenvalue weighted by molar-refractivity contribution is 0.0240. The van der Waals surface area contributed by atoms with Crippen LogP contribution in [0.1, 0.15) is 88.7 Å². The Balaban J connectivity index is 0.00000661. The zero-order valence-corrected chi connectivity index (χ0v) is 38.4. The molecule has 2 aromatic heterocycles. The number of unbranched alkanes of at least 4 members (excludes halogenated alkanes) is 3. The summed E-state index contributed by atoms with van der Waals surface area (Å²) in [6.45, 7) is 11.2. The van der Waals surface area contributed by atoms with E-state index >= 15 is 0 Å². The summed E-state index contributed by atoms with van der Waals surface area (Å²) in [5.41, 5.74) is 6.81. The van der Waals surface area contributed by atoms with Crippen molar-refractivity contribution in [2.24, 2.45) is 7.05 Å². The third-order valence-corrected chi connectivity index (χ3v) is 11.9. The Bertz CT molecular complexity index is 2450. The van der Waals surface area contributed by atoms with Crippen LogP contribution in [0.2, 0.25) is 0 Å². The van der Waals surface area contributed by atoms with Gasteiger partial charge in [-0.25, -0.2) is 9.59 Å². The summed E-state index contributed by atoms with van der Waals surface area (Å²) >= 11 is 3.58. The van der Waals surface area contributed by atoms with Gasteiger partial charge in [-0.3, -0.25) is 4.68 Å². The minimum Gasteiger partial charge on any atom is -0.493 e. The minimum atomic E-state index is -0.517. The van der Waals surface area contributed by atoms with Crippen LogP contribution >= 0.6 is 15.9 Å². The average Bonchev–Trinajstić information content (AvgIpc) is 3.80. The van der Waals surface area contributed by atoms with Crippen LogP contribution in [0.3, 0.4) is 0 Å². The van der Waals surface area contributed by atoms with E-state index in [4.69, 9.17) is 24.0 Å². The number of H-pyrrole nitrogens is 1. The van der Waals surface area contributed by atoms with E-state index in [1.807, 2.05) is 75.8 Å². The number of carbonyl (C=O) groups excluding carboxylic acids is 2. The molecule has 0 unspecified atom stereocenters. The molecule has 1 aliphatic rings. The van der Waals surface area contributed by atoms with E-state index in [-0.39, 0.29) is 26.7 Å². The van der Waals surface area contributed by atoms with Gasteiger partial charge >= 0.3 is 12.1 Å². The molecule has 0 saturated carbocycles. The molecule has 1 amide bonds. The van der Waals surface area contributed by atoms with Gasteiger partial charge in [-0.15, -0.1) is 0 Å². The van der Waals surface area contributed by atoms with Gasteiger partial charge in [-0.1, -0.05) is 83.4 Å². The number of esters is 1. The van der Waals surface area contributed by atoms with Crippen molar-refractivity contribution < 1.29 is 30.0 Å². The normalized spacial score (nSPS) is 13.2. The third kappa shape index (κ3) is 10.7. The molecule has 7 rings (SSSR count). The van der Waals surface area contributed by atoms with Crippen LogP contribution in [0.15, 0.2) is 84.9 Å². The number of halogens is 1. The number of nitrogens with one attached hydrogen (secondary N) is 1. The molecule has 0 atom stereocenters. The highest BCUT2D eigenvalue weighted by Gasteiger charge is 2.27. The zero-order chi connectivity index (χ0) is 43.6. The first-order chi connectivity index (χ1) is 30.0. The number of aromatic nitrogens is 3. The van der Waals surface area contributed by atoms with Crippen molar-refractivity contribution in [3.8, 4) is 22.6 Å². The Morgan fingerprint density at radius 2 is 1.55 bits per heavy atom. The predicted octanol–water partition coefficient (Wildman–Crippen LogP) is 11.3. The highest BCUT2D eigenvalue weighted by Crippen LogP contribution is 2.38. The van der Waals surface area contributed by atoms with Gasteiger partial charge in [0.05, 0.1) is 18.7 Å². The van der Waals surface area contributed by atoms with Gasteiger partial charge in [-0.2, -0.15) is 5.10 Å². The second kappa shape index (κ2) is 20.6. The Kier molecular flexibility index (Phi) is 14.8. The molecule has 11 nitrogen and oxygen atoms in total. The minimum absolute atomic E-state index is 0. The van der Waals surface area contributed by atoms with E-state index in [1.165, 1.54) is 0 Å². The van der Waals surface area contributed by atoms with E-state index in [2.05, 4.69) is 74.3 Å². The van der Waals surface area contributed by atoms with Crippen molar-refractivity contribution in [2.45, 2.75) is 84.8 Å². The molecule has 6 aromatic rings. The second-order valence-corrected chi connectivity index (χ2v) is 17.6. The van der Waals surface area contributed by atoms with Crippen molar-refractivity contribution in [2.75, 3.05) is 49.6 Å². The van der Waals surface area contributed by atoms with Crippen molar-refractivity contribution in [1.82, 2.24) is 19.7 Å². The topological polar surface area (TPSA) is 111 Å². The van der Waals surface area contributed by atoms with Crippen LogP contribution < -0.4 is 14.4 Å². The first-order valence-corrected chi connectivity index (χ1v) is 23.1. The summed E-state index contributed by atoms with van der Waals surface area (Å²) in [5, 5.41) is 9.28. The number of hydrogen-bond donors (Lipinski definition) is 1.